The van der Waals surface area contributed by atoms with Crippen molar-refractivity contribution in [1.29, 1.82) is 0 Å². The second-order valence-electron chi connectivity index (χ2n) is 5.60. The topological polar surface area (TPSA) is 49.6 Å². The summed E-state index contributed by atoms with van der Waals surface area (Å²) in [5.74, 6) is 0.208. The molecule has 0 aromatic heterocycles. The first-order chi connectivity index (χ1) is 9.60. The third kappa shape index (κ3) is 3.73. The van der Waals surface area contributed by atoms with Crippen LogP contribution >= 0.6 is 0 Å². The molecule has 0 bridgehead atoms. The van der Waals surface area contributed by atoms with Crippen LogP contribution in [-0.4, -0.2) is 47.9 Å². The van der Waals surface area contributed by atoms with E-state index >= 15 is 0 Å². The smallest absolute Gasteiger partial charge is 0.227 e. The van der Waals surface area contributed by atoms with Crippen molar-refractivity contribution in [2.45, 2.75) is 32.7 Å². The fourth-order valence-corrected chi connectivity index (χ4v) is 2.66. The maximum Gasteiger partial charge on any atom is 0.227 e. The Morgan fingerprint density at radius 3 is 2.60 bits per heavy atom. The molecule has 0 radical (unpaired) electrons. The third-order valence-corrected chi connectivity index (χ3v) is 4.19. The van der Waals surface area contributed by atoms with Gasteiger partial charge < -0.3 is 10.6 Å². The number of nitrogen functional groups attached to an aromatic ring is 1. The zero-order valence-corrected chi connectivity index (χ0v) is 12.5. The van der Waals surface area contributed by atoms with E-state index in [1.165, 1.54) is 0 Å². The Morgan fingerprint density at radius 2 is 2.00 bits per heavy atom. The summed E-state index contributed by atoms with van der Waals surface area (Å²) in [7, 11) is 0. The summed E-state index contributed by atoms with van der Waals surface area (Å²) in [5.41, 5.74) is 7.47. The van der Waals surface area contributed by atoms with E-state index in [1.54, 1.807) is 0 Å². The Hall–Kier alpha value is -1.55. The Morgan fingerprint density at radius 1 is 1.30 bits per heavy atom. The number of carbonyl (C=O) groups excluding carboxylic acids is 1. The molecule has 1 saturated heterocycles. The monoisotopic (exact) mass is 275 g/mol. The molecule has 1 unspecified atom stereocenters. The maximum atomic E-state index is 12.3. The molecule has 1 amide bonds. The number of hydrogen-bond donors (Lipinski definition) is 1. The van der Waals surface area contributed by atoms with Crippen LogP contribution in [0.3, 0.4) is 0 Å². The Bertz CT molecular complexity index is 453. The van der Waals surface area contributed by atoms with Gasteiger partial charge in [0.05, 0.1) is 6.42 Å². The highest BCUT2D eigenvalue weighted by atomic mass is 16.2. The van der Waals surface area contributed by atoms with Gasteiger partial charge in [-0.05, 0) is 31.0 Å². The number of nitrogens with two attached hydrogens (primary N) is 1. The number of amides is 1. The van der Waals surface area contributed by atoms with Crippen molar-refractivity contribution in [2.24, 2.45) is 0 Å². The fourth-order valence-electron chi connectivity index (χ4n) is 2.66. The predicted molar refractivity (Wildman–Crippen MR) is 82.5 cm³/mol. The molecule has 0 aliphatic carbocycles. The zero-order chi connectivity index (χ0) is 14.5. The molecule has 1 aromatic carbocycles. The Balaban J connectivity index is 1.86. The summed E-state index contributed by atoms with van der Waals surface area (Å²) >= 11 is 0. The predicted octanol–water partition coefficient (Wildman–Crippen LogP) is 1.75. The summed E-state index contributed by atoms with van der Waals surface area (Å²) in [6.07, 6.45) is 1.62. The standard InChI is InChI=1S/C16H25N3O/c1-3-13(2)18-7-9-19(10-8-18)16(20)12-14-5-4-6-15(17)11-14/h4-6,11,13H,3,7-10,12,17H2,1-2H3. The second-order valence-corrected chi connectivity index (χ2v) is 5.60. The first-order valence-corrected chi connectivity index (χ1v) is 7.46. The number of piperazine rings is 1. The molecule has 4 heteroatoms. The first-order valence-electron chi connectivity index (χ1n) is 7.46. The van der Waals surface area contributed by atoms with Crippen LogP contribution < -0.4 is 5.73 Å². The van der Waals surface area contributed by atoms with Crippen LogP contribution in [0, 0.1) is 0 Å². The van der Waals surface area contributed by atoms with Gasteiger partial charge in [-0.15, -0.1) is 0 Å². The average molecular weight is 275 g/mol. The van der Waals surface area contributed by atoms with Crippen LogP contribution in [0.25, 0.3) is 0 Å². The number of rotatable bonds is 4. The van der Waals surface area contributed by atoms with E-state index in [0.717, 1.165) is 43.9 Å². The summed E-state index contributed by atoms with van der Waals surface area (Å²) in [6, 6.07) is 8.20. The van der Waals surface area contributed by atoms with Crippen molar-refractivity contribution < 1.29 is 4.79 Å². The Labute approximate surface area is 121 Å². The van der Waals surface area contributed by atoms with Crippen LogP contribution in [0.1, 0.15) is 25.8 Å². The van der Waals surface area contributed by atoms with E-state index in [4.69, 9.17) is 5.73 Å². The van der Waals surface area contributed by atoms with Gasteiger partial charge in [-0.2, -0.15) is 0 Å². The highest BCUT2D eigenvalue weighted by molar-refractivity contribution is 5.79. The van der Waals surface area contributed by atoms with Crippen molar-refractivity contribution in [2.75, 3.05) is 31.9 Å². The van der Waals surface area contributed by atoms with Gasteiger partial charge in [0.1, 0.15) is 0 Å². The van der Waals surface area contributed by atoms with E-state index in [-0.39, 0.29) is 5.91 Å². The first kappa shape index (κ1) is 14.9. The molecule has 20 heavy (non-hydrogen) atoms. The van der Waals surface area contributed by atoms with Gasteiger partial charge in [0.2, 0.25) is 5.91 Å². The van der Waals surface area contributed by atoms with Crippen LogP contribution in [0.2, 0.25) is 0 Å². The van der Waals surface area contributed by atoms with Crippen molar-refractivity contribution in [3.8, 4) is 0 Å². The lowest BCUT2D eigenvalue weighted by Crippen LogP contribution is -2.51. The van der Waals surface area contributed by atoms with E-state index in [2.05, 4.69) is 18.7 Å². The van der Waals surface area contributed by atoms with Gasteiger partial charge in [-0.3, -0.25) is 9.69 Å². The van der Waals surface area contributed by atoms with Gasteiger partial charge in [0.25, 0.3) is 0 Å². The van der Waals surface area contributed by atoms with Crippen molar-refractivity contribution in [3.05, 3.63) is 29.8 Å². The highest BCUT2D eigenvalue weighted by Gasteiger charge is 2.23. The van der Waals surface area contributed by atoms with Crippen molar-refractivity contribution in [3.63, 3.8) is 0 Å². The minimum atomic E-state index is 0.208. The molecule has 0 spiro atoms. The molecular weight excluding hydrogens is 250 g/mol. The molecule has 0 saturated carbocycles. The van der Waals surface area contributed by atoms with Crippen molar-refractivity contribution in [1.82, 2.24) is 9.80 Å². The highest BCUT2D eigenvalue weighted by Crippen LogP contribution is 2.12. The van der Waals surface area contributed by atoms with Crippen LogP contribution in [0.15, 0.2) is 24.3 Å². The van der Waals surface area contributed by atoms with E-state index in [1.807, 2.05) is 29.2 Å². The molecule has 1 heterocycles. The van der Waals surface area contributed by atoms with Gasteiger partial charge >= 0.3 is 0 Å². The third-order valence-electron chi connectivity index (χ3n) is 4.19. The van der Waals surface area contributed by atoms with Gasteiger partial charge in [0, 0.05) is 37.9 Å². The number of hydrogen-bond acceptors (Lipinski definition) is 3. The largest absolute Gasteiger partial charge is 0.399 e. The SMILES string of the molecule is CCC(C)N1CCN(C(=O)Cc2cccc(N)c2)CC1. The van der Waals surface area contributed by atoms with Gasteiger partial charge in [0.15, 0.2) is 0 Å². The minimum absolute atomic E-state index is 0.208. The zero-order valence-electron chi connectivity index (χ0n) is 12.5. The molecule has 1 atom stereocenters. The summed E-state index contributed by atoms with van der Waals surface area (Å²) < 4.78 is 0. The molecule has 1 aliphatic rings. The van der Waals surface area contributed by atoms with E-state index in [0.29, 0.717) is 12.5 Å². The number of nitrogens with zero attached hydrogens (tertiary/aromatic N) is 2. The lowest BCUT2D eigenvalue weighted by atomic mass is 10.1. The van der Waals surface area contributed by atoms with E-state index < -0.39 is 0 Å². The van der Waals surface area contributed by atoms with Crippen molar-refractivity contribution >= 4 is 11.6 Å². The Kier molecular flexibility index (Phi) is 5.01. The minimum Gasteiger partial charge on any atom is -0.399 e. The molecule has 1 aliphatic heterocycles. The average Bonchev–Trinajstić information content (AvgIpc) is 2.46. The summed E-state index contributed by atoms with van der Waals surface area (Å²) in [5, 5.41) is 0. The van der Waals surface area contributed by atoms with Crippen LogP contribution in [-0.2, 0) is 11.2 Å². The van der Waals surface area contributed by atoms with E-state index in [9.17, 15) is 4.79 Å². The van der Waals surface area contributed by atoms with Crippen LogP contribution in [0.4, 0.5) is 5.69 Å². The summed E-state index contributed by atoms with van der Waals surface area (Å²) in [4.78, 5) is 16.7. The van der Waals surface area contributed by atoms with Gasteiger partial charge in [-0.1, -0.05) is 19.1 Å². The van der Waals surface area contributed by atoms with Gasteiger partial charge in [-0.25, -0.2) is 0 Å². The molecule has 110 valence electrons. The molecular formula is C16H25N3O. The number of carbonyl (C=O) groups is 1. The lowest BCUT2D eigenvalue weighted by molar-refractivity contribution is -0.132. The second kappa shape index (κ2) is 6.75. The fraction of sp³-hybridized carbons (Fsp3) is 0.562. The number of benzene rings is 1. The lowest BCUT2D eigenvalue weighted by Gasteiger charge is -2.37. The quantitative estimate of drug-likeness (QED) is 0.852. The normalized spacial score (nSPS) is 18.0. The molecule has 2 N–H and O–H groups in total. The molecule has 4 nitrogen and oxygen atoms in total. The molecule has 1 aromatic rings. The number of anilines is 1. The maximum absolute atomic E-state index is 12.3. The molecule has 2 rings (SSSR count). The molecule has 1 fully saturated rings. The van der Waals surface area contributed by atoms with Crippen LogP contribution in [0.5, 0.6) is 0 Å². The summed E-state index contributed by atoms with van der Waals surface area (Å²) in [6.45, 7) is 8.11.